The number of allylic oxidation sites excluding steroid dienone is 1. The Bertz CT molecular complexity index is 941. The third-order valence-electron chi connectivity index (χ3n) is 9.45. The highest BCUT2D eigenvalue weighted by molar-refractivity contribution is 5.95. The lowest BCUT2D eigenvalue weighted by molar-refractivity contribution is -0.304. The van der Waals surface area contributed by atoms with Crippen molar-refractivity contribution < 1.29 is 23.7 Å². The van der Waals surface area contributed by atoms with Crippen LogP contribution in [-0.4, -0.2) is 41.8 Å². The molecule has 5 heteroatoms. The molecule has 2 saturated carbocycles. The van der Waals surface area contributed by atoms with Gasteiger partial charge >= 0.3 is 0 Å². The Balaban J connectivity index is 1.64. The van der Waals surface area contributed by atoms with Gasteiger partial charge in [-0.3, -0.25) is 4.79 Å². The molecule has 2 aliphatic heterocycles. The molecule has 8 atom stereocenters. The zero-order chi connectivity index (χ0) is 22.4. The zero-order valence-corrected chi connectivity index (χ0v) is 20.1. The second-order valence-electron chi connectivity index (χ2n) is 12.5. The van der Waals surface area contributed by atoms with Gasteiger partial charge in [0.25, 0.3) is 0 Å². The van der Waals surface area contributed by atoms with Crippen LogP contribution < -0.4 is 0 Å². The lowest BCUT2D eigenvalue weighted by Gasteiger charge is -2.53. The summed E-state index contributed by atoms with van der Waals surface area (Å²) in [5.74, 6) is -0.335. The highest BCUT2D eigenvalue weighted by atomic mass is 16.8. The predicted octanol–water partition coefficient (Wildman–Crippen LogP) is 4.41. The van der Waals surface area contributed by atoms with E-state index < -0.39 is 22.6 Å². The number of carbonyl (C=O) groups is 1. The van der Waals surface area contributed by atoms with E-state index in [-0.39, 0.29) is 29.5 Å². The molecule has 6 aliphatic rings. The van der Waals surface area contributed by atoms with Gasteiger partial charge in [-0.15, -0.1) is 0 Å². The van der Waals surface area contributed by atoms with Crippen LogP contribution in [0.2, 0.25) is 0 Å². The van der Waals surface area contributed by atoms with E-state index in [4.69, 9.17) is 18.9 Å². The summed E-state index contributed by atoms with van der Waals surface area (Å²) in [6, 6.07) is 0. The number of Topliss-reactive ketones (excluding diaryl/α,β-unsaturated/α-hetero) is 1. The summed E-state index contributed by atoms with van der Waals surface area (Å²) in [5.41, 5.74) is 0.650. The molecule has 0 aromatic carbocycles. The molecule has 2 spiro atoms. The molecule has 2 heterocycles. The highest BCUT2D eigenvalue weighted by Gasteiger charge is 2.80. The summed E-state index contributed by atoms with van der Waals surface area (Å²) in [4.78, 5) is 14.7. The van der Waals surface area contributed by atoms with Crippen LogP contribution in [-0.2, 0) is 23.7 Å². The molecule has 31 heavy (non-hydrogen) atoms. The van der Waals surface area contributed by atoms with Crippen molar-refractivity contribution in [1.29, 1.82) is 0 Å². The minimum atomic E-state index is -0.903. The average molecular weight is 429 g/mol. The first-order valence-electron chi connectivity index (χ1n) is 11.9. The molecular weight excluding hydrogens is 392 g/mol. The van der Waals surface area contributed by atoms with Gasteiger partial charge in [-0.1, -0.05) is 32.9 Å². The van der Waals surface area contributed by atoms with Crippen molar-refractivity contribution in [2.75, 3.05) is 6.61 Å². The number of ketones is 1. The first-order chi connectivity index (χ1) is 14.3. The van der Waals surface area contributed by atoms with Crippen molar-refractivity contribution in [2.24, 2.45) is 34.5 Å². The largest absolute Gasteiger partial charge is 0.346 e. The van der Waals surface area contributed by atoms with E-state index in [9.17, 15) is 4.79 Å². The van der Waals surface area contributed by atoms with Gasteiger partial charge < -0.3 is 18.9 Å². The molecule has 2 saturated heterocycles. The van der Waals surface area contributed by atoms with Crippen LogP contribution in [0.3, 0.4) is 0 Å². The van der Waals surface area contributed by atoms with Gasteiger partial charge in [-0.25, -0.2) is 0 Å². The molecule has 0 N–H and O–H groups in total. The third kappa shape index (κ3) is 2.24. The summed E-state index contributed by atoms with van der Waals surface area (Å²) in [5, 5.41) is 0. The molecule has 170 valence electrons. The number of hydrogen-bond acceptors (Lipinski definition) is 5. The molecule has 0 aromatic heterocycles. The summed E-state index contributed by atoms with van der Waals surface area (Å²) >= 11 is 0. The van der Waals surface area contributed by atoms with Gasteiger partial charge in [-0.2, -0.15) is 0 Å². The van der Waals surface area contributed by atoms with E-state index in [1.54, 1.807) is 0 Å². The summed E-state index contributed by atoms with van der Waals surface area (Å²) in [6.07, 6.45) is 4.76. The zero-order valence-electron chi connectivity index (χ0n) is 20.1. The van der Waals surface area contributed by atoms with E-state index in [2.05, 4.69) is 39.8 Å². The van der Waals surface area contributed by atoms with E-state index >= 15 is 0 Å². The van der Waals surface area contributed by atoms with Gasteiger partial charge in [-0.05, 0) is 75.4 Å². The first-order valence-corrected chi connectivity index (χ1v) is 11.9. The Morgan fingerprint density at radius 3 is 2.39 bits per heavy atom. The maximum atomic E-state index is 14.7. The number of hydrogen-bond donors (Lipinski definition) is 0. The minimum Gasteiger partial charge on any atom is -0.346 e. The fourth-order valence-corrected chi connectivity index (χ4v) is 8.17. The van der Waals surface area contributed by atoms with Crippen LogP contribution in [0.25, 0.3) is 0 Å². The van der Waals surface area contributed by atoms with E-state index in [1.165, 1.54) is 0 Å². The predicted molar refractivity (Wildman–Crippen MR) is 115 cm³/mol. The quantitative estimate of drug-likeness (QED) is 0.535. The SMILES string of the molecule is CC1=C[C@@]23C(=O)[C@@H](C=C4COC(C)(C)O[C@H]4[C@@]24OC(C)(C)O[C@@H]14)[C@@H]1[C@H](C[C@H]3C)C1(C)C. The standard InChI is InChI=1S/C26H36O5/c1-13-11-25-14(2)9-17-18(22(17,3)4)16(19(25)27)10-15-12-28-23(5,6)30-21(15)26(25)20(13)29-24(7,8)31-26/h10-11,14,16-18,20-21H,9,12H2,1-8H3/t14-,16+,17+,18-,20+,21-,25-,26-/m1/s1. The summed E-state index contributed by atoms with van der Waals surface area (Å²) in [7, 11) is 0. The van der Waals surface area contributed by atoms with Crippen molar-refractivity contribution in [1.82, 2.24) is 0 Å². The molecule has 5 nitrogen and oxygen atoms in total. The van der Waals surface area contributed by atoms with Gasteiger partial charge in [0.15, 0.2) is 17.4 Å². The number of carbonyl (C=O) groups excluding carboxylic acids is 1. The highest BCUT2D eigenvalue weighted by Crippen LogP contribution is 2.73. The van der Waals surface area contributed by atoms with Crippen molar-refractivity contribution in [3.63, 3.8) is 0 Å². The molecular formula is C26H36O5. The minimum absolute atomic E-state index is 0.134. The topological polar surface area (TPSA) is 54.0 Å². The van der Waals surface area contributed by atoms with Gasteiger partial charge in [0, 0.05) is 5.92 Å². The Morgan fingerprint density at radius 1 is 1.00 bits per heavy atom. The van der Waals surface area contributed by atoms with Gasteiger partial charge in [0.1, 0.15) is 17.8 Å². The fourth-order valence-electron chi connectivity index (χ4n) is 8.17. The molecule has 4 aliphatic carbocycles. The Kier molecular flexibility index (Phi) is 3.68. The third-order valence-corrected chi connectivity index (χ3v) is 9.45. The van der Waals surface area contributed by atoms with Gasteiger partial charge in [0.05, 0.1) is 12.0 Å². The summed E-state index contributed by atoms with van der Waals surface area (Å²) in [6.45, 7) is 17.3. The molecule has 2 bridgehead atoms. The van der Waals surface area contributed by atoms with Crippen LogP contribution in [0.4, 0.5) is 0 Å². The number of fused-ring (bicyclic) bond motifs is 4. The molecule has 0 amide bonds. The van der Waals surface area contributed by atoms with Crippen LogP contribution >= 0.6 is 0 Å². The molecule has 0 aromatic rings. The van der Waals surface area contributed by atoms with Crippen LogP contribution in [0.1, 0.15) is 61.8 Å². The smallest absolute Gasteiger partial charge is 0.164 e. The van der Waals surface area contributed by atoms with E-state index in [1.807, 2.05) is 27.7 Å². The summed E-state index contributed by atoms with van der Waals surface area (Å²) < 4.78 is 26.2. The molecule has 0 radical (unpaired) electrons. The normalized spacial score (nSPS) is 52.6. The van der Waals surface area contributed by atoms with Crippen molar-refractivity contribution in [3.8, 4) is 0 Å². The Labute approximate surface area is 185 Å². The fraction of sp³-hybridized carbons (Fsp3) is 0.808. The maximum Gasteiger partial charge on any atom is 0.164 e. The van der Waals surface area contributed by atoms with E-state index in [0.29, 0.717) is 24.2 Å². The van der Waals surface area contributed by atoms with E-state index in [0.717, 1.165) is 17.6 Å². The van der Waals surface area contributed by atoms with Crippen molar-refractivity contribution in [3.05, 3.63) is 23.3 Å². The lowest BCUT2D eigenvalue weighted by atomic mass is 9.58. The monoisotopic (exact) mass is 428 g/mol. The molecule has 0 unspecified atom stereocenters. The second-order valence-corrected chi connectivity index (χ2v) is 12.5. The molecule has 4 fully saturated rings. The first kappa shape index (κ1) is 20.6. The van der Waals surface area contributed by atoms with Crippen molar-refractivity contribution in [2.45, 2.75) is 91.2 Å². The lowest BCUT2D eigenvalue weighted by Crippen LogP contribution is -2.67. The van der Waals surface area contributed by atoms with Crippen molar-refractivity contribution >= 4 is 5.78 Å². The maximum absolute atomic E-state index is 14.7. The second kappa shape index (κ2) is 5.55. The Hall–Kier alpha value is -1.01. The molecule has 6 rings (SSSR count). The number of ether oxygens (including phenoxy) is 4. The number of rotatable bonds is 0. The van der Waals surface area contributed by atoms with Gasteiger partial charge in [0.2, 0.25) is 0 Å². The average Bonchev–Trinajstić information content (AvgIpc) is 2.97. The van der Waals surface area contributed by atoms with Crippen LogP contribution in [0, 0.1) is 34.5 Å². The Morgan fingerprint density at radius 2 is 1.68 bits per heavy atom. The van der Waals surface area contributed by atoms with Crippen LogP contribution in [0.5, 0.6) is 0 Å². The van der Waals surface area contributed by atoms with Crippen LogP contribution in [0.15, 0.2) is 23.3 Å².